The Bertz CT molecular complexity index is 1230. The number of ether oxygens (including phenoxy) is 1. The zero-order chi connectivity index (χ0) is 22.4. The van der Waals surface area contributed by atoms with Gasteiger partial charge in [-0.25, -0.2) is 15.0 Å². The van der Waals surface area contributed by atoms with Gasteiger partial charge < -0.3 is 24.3 Å². The molecular formula is C25H23N7O. The largest absolute Gasteiger partial charge is 0.457 e. The van der Waals surface area contributed by atoms with Crippen LogP contribution in [0, 0.1) is 0 Å². The number of hydrogen-bond acceptors (Lipinski definition) is 8. The average Bonchev–Trinajstić information content (AvgIpc) is 3.37. The number of hydrogen-bond donors (Lipinski definition) is 0. The van der Waals surface area contributed by atoms with Gasteiger partial charge in [0.05, 0.1) is 19.0 Å². The molecule has 4 aromatic rings. The van der Waals surface area contributed by atoms with Gasteiger partial charge >= 0.3 is 0 Å². The minimum atomic E-state index is 0.689. The Morgan fingerprint density at radius 2 is 1.24 bits per heavy atom. The molecule has 2 aliphatic rings. The molecule has 0 bridgehead atoms. The molecule has 8 nitrogen and oxygen atoms in total. The summed E-state index contributed by atoms with van der Waals surface area (Å²) in [5, 5.41) is 0. The molecule has 2 aromatic carbocycles. The van der Waals surface area contributed by atoms with Crippen LogP contribution in [0.25, 0.3) is 0 Å². The number of rotatable bonds is 4. The van der Waals surface area contributed by atoms with E-state index in [-0.39, 0.29) is 0 Å². The first-order valence-electron chi connectivity index (χ1n) is 10.8. The molecule has 0 N–H and O–H groups in total. The summed E-state index contributed by atoms with van der Waals surface area (Å²) in [7, 11) is 4.07. The van der Waals surface area contributed by atoms with Gasteiger partial charge in [-0.1, -0.05) is 12.1 Å². The lowest BCUT2D eigenvalue weighted by Crippen LogP contribution is -2.24. The van der Waals surface area contributed by atoms with Crippen LogP contribution in [0.1, 0.15) is 0 Å². The third-order valence-corrected chi connectivity index (χ3v) is 5.90. The Hall–Kier alpha value is -4.33. The molecule has 2 aliphatic heterocycles. The Labute approximate surface area is 192 Å². The topological polar surface area (TPSA) is 60.9 Å². The lowest BCUT2D eigenvalue weighted by atomic mass is 10.2. The molecule has 0 amide bonds. The quantitative estimate of drug-likeness (QED) is 0.453. The second-order valence-corrected chi connectivity index (χ2v) is 8.18. The first-order valence-corrected chi connectivity index (χ1v) is 10.8. The summed E-state index contributed by atoms with van der Waals surface area (Å²) >= 11 is 0. The van der Waals surface area contributed by atoms with Crippen molar-refractivity contribution in [3.63, 3.8) is 0 Å². The van der Waals surface area contributed by atoms with Crippen LogP contribution < -0.4 is 24.3 Å². The highest BCUT2D eigenvalue weighted by Gasteiger charge is 2.27. The summed E-state index contributed by atoms with van der Waals surface area (Å²) in [5.74, 6) is 4.26. The van der Waals surface area contributed by atoms with Crippen molar-refractivity contribution >= 4 is 34.5 Å². The van der Waals surface area contributed by atoms with E-state index in [0.29, 0.717) is 6.67 Å². The first kappa shape index (κ1) is 19.4. The van der Waals surface area contributed by atoms with Gasteiger partial charge in [0.25, 0.3) is 0 Å². The van der Waals surface area contributed by atoms with Crippen LogP contribution in [0.15, 0.2) is 79.3 Å². The maximum absolute atomic E-state index is 6.28. The van der Waals surface area contributed by atoms with Crippen LogP contribution in [0.4, 0.5) is 34.5 Å². The molecular weight excluding hydrogens is 414 g/mol. The number of pyridine rings is 1. The van der Waals surface area contributed by atoms with E-state index in [1.54, 1.807) is 12.4 Å². The fourth-order valence-electron chi connectivity index (χ4n) is 4.37. The van der Waals surface area contributed by atoms with E-state index in [1.165, 1.54) is 0 Å². The average molecular weight is 438 g/mol. The van der Waals surface area contributed by atoms with Gasteiger partial charge in [-0.05, 0) is 36.4 Å². The molecule has 0 saturated carbocycles. The third-order valence-electron chi connectivity index (χ3n) is 5.90. The predicted octanol–water partition coefficient (Wildman–Crippen LogP) is 4.75. The standard InChI is InChI=1S/C25H23N7O/c1-29-16-31(22-10-5-11-26-23(22)29)18-6-3-8-20(14-18)33-21-9-4-7-19(15-21)32-17-30(2)24-25(32)28-13-12-27-24/h3-15H,16-17H2,1-2H3. The van der Waals surface area contributed by atoms with Crippen LogP contribution in [0.2, 0.25) is 0 Å². The molecule has 33 heavy (non-hydrogen) atoms. The SMILES string of the molecule is CN1CN(c2cccc(Oc3cccc(N4CN(C)c5nccnc54)c3)c2)c2cccnc21. The Balaban J connectivity index is 1.27. The van der Waals surface area contributed by atoms with Crippen molar-refractivity contribution in [2.45, 2.75) is 0 Å². The molecule has 8 heteroatoms. The van der Waals surface area contributed by atoms with Gasteiger partial charge in [-0.15, -0.1) is 0 Å². The minimum absolute atomic E-state index is 0.689. The smallest absolute Gasteiger partial charge is 0.178 e. The zero-order valence-electron chi connectivity index (χ0n) is 18.5. The highest BCUT2D eigenvalue weighted by Crippen LogP contribution is 2.40. The summed E-state index contributed by atoms with van der Waals surface area (Å²) < 4.78 is 6.28. The van der Waals surface area contributed by atoms with Gasteiger partial charge in [0.2, 0.25) is 0 Å². The second-order valence-electron chi connectivity index (χ2n) is 8.18. The van der Waals surface area contributed by atoms with Crippen molar-refractivity contribution < 1.29 is 4.74 Å². The van der Waals surface area contributed by atoms with Crippen LogP contribution in [-0.2, 0) is 0 Å². The number of benzene rings is 2. The fourth-order valence-corrected chi connectivity index (χ4v) is 4.37. The zero-order valence-corrected chi connectivity index (χ0v) is 18.5. The van der Waals surface area contributed by atoms with Crippen molar-refractivity contribution in [2.24, 2.45) is 0 Å². The maximum atomic E-state index is 6.28. The van der Waals surface area contributed by atoms with Crippen LogP contribution in [0.3, 0.4) is 0 Å². The van der Waals surface area contributed by atoms with Gasteiger partial charge in [0, 0.05) is 56.2 Å². The van der Waals surface area contributed by atoms with E-state index < -0.39 is 0 Å². The van der Waals surface area contributed by atoms with E-state index in [4.69, 9.17) is 4.74 Å². The van der Waals surface area contributed by atoms with E-state index in [2.05, 4.69) is 65.9 Å². The molecule has 6 rings (SSSR count). The number of aromatic nitrogens is 3. The van der Waals surface area contributed by atoms with Gasteiger partial charge in [0.15, 0.2) is 17.5 Å². The maximum Gasteiger partial charge on any atom is 0.178 e. The molecule has 0 atom stereocenters. The lowest BCUT2D eigenvalue weighted by Gasteiger charge is -2.20. The van der Waals surface area contributed by atoms with E-state index >= 15 is 0 Å². The summed E-state index contributed by atoms with van der Waals surface area (Å²) in [6.45, 7) is 1.43. The summed E-state index contributed by atoms with van der Waals surface area (Å²) in [4.78, 5) is 22.1. The van der Waals surface area contributed by atoms with Crippen LogP contribution >= 0.6 is 0 Å². The lowest BCUT2D eigenvalue weighted by molar-refractivity contribution is 0.483. The Morgan fingerprint density at radius 1 is 0.636 bits per heavy atom. The van der Waals surface area contributed by atoms with E-state index in [9.17, 15) is 0 Å². The monoisotopic (exact) mass is 437 g/mol. The van der Waals surface area contributed by atoms with E-state index in [1.807, 2.05) is 49.6 Å². The minimum Gasteiger partial charge on any atom is -0.457 e. The van der Waals surface area contributed by atoms with Crippen molar-refractivity contribution in [3.8, 4) is 11.5 Å². The molecule has 0 unspecified atom stereocenters. The third kappa shape index (κ3) is 3.36. The summed E-state index contributed by atoms with van der Waals surface area (Å²) in [5.41, 5.74) is 3.17. The molecule has 4 heterocycles. The molecule has 0 fully saturated rings. The van der Waals surface area contributed by atoms with Crippen LogP contribution in [-0.4, -0.2) is 42.4 Å². The van der Waals surface area contributed by atoms with Crippen LogP contribution in [0.5, 0.6) is 11.5 Å². The predicted molar refractivity (Wildman–Crippen MR) is 130 cm³/mol. The van der Waals surface area contributed by atoms with Gasteiger partial charge in [-0.3, -0.25) is 0 Å². The Kier molecular flexibility index (Phi) is 4.50. The molecule has 2 aromatic heterocycles. The molecule has 164 valence electrons. The second kappa shape index (κ2) is 7.67. The van der Waals surface area contributed by atoms with Crippen molar-refractivity contribution in [1.82, 2.24) is 15.0 Å². The molecule has 0 spiro atoms. The number of nitrogens with zero attached hydrogens (tertiary/aromatic N) is 7. The van der Waals surface area contributed by atoms with Gasteiger partial charge in [0.1, 0.15) is 11.5 Å². The van der Waals surface area contributed by atoms with Crippen molar-refractivity contribution in [1.29, 1.82) is 0 Å². The molecule has 0 saturated heterocycles. The highest BCUT2D eigenvalue weighted by atomic mass is 16.5. The summed E-state index contributed by atoms with van der Waals surface area (Å²) in [6, 6.07) is 20.3. The first-order chi connectivity index (χ1) is 16.2. The normalized spacial score (nSPS) is 14.5. The summed E-state index contributed by atoms with van der Waals surface area (Å²) in [6.07, 6.45) is 5.27. The Morgan fingerprint density at radius 3 is 2.00 bits per heavy atom. The van der Waals surface area contributed by atoms with Crippen molar-refractivity contribution in [3.05, 3.63) is 79.3 Å². The molecule has 0 aliphatic carbocycles. The number of anilines is 6. The van der Waals surface area contributed by atoms with Crippen molar-refractivity contribution in [2.75, 3.05) is 47.0 Å². The number of fused-ring (bicyclic) bond motifs is 2. The van der Waals surface area contributed by atoms with Gasteiger partial charge in [-0.2, -0.15) is 0 Å². The molecule has 0 radical (unpaired) electrons. The highest BCUT2D eigenvalue weighted by molar-refractivity contribution is 5.80. The fraction of sp³-hybridized carbons (Fsp3) is 0.160. The van der Waals surface area contributed by atoms with E-state index in [0.717, 1.165) is 52.7 Å².